The Labute approximate surface area is 443 Å². The maximum atomic E-state index is 12.7. The lowest BCUT2D eigenvalue weighted by Gasteiger charge is -2.50. The molecule has 78 heavy (non-hydrogen) atoms. The highest BCUT2D eigenvalue weighted by Gasteiger charge is 2.59. The zero-order valence-electron chi connectivity index (χ0n) is 41.7. The molecule has 0 spiro atoms. The lowest BCUT2D eigenvalue weighted by atomic mass is 9.80. The summed E-state index contributed by atoms with van der Waals surface area (Å²) in [5.74, 6) is -5.37. The average molecular weight is 1140 g/mol. The van der Waals surface area contributed by atoms with Gasteiger partial charge >= 0.3 is 0 Å². The monoisotopic (exact) mass is 1140 g/mol. The highest BCUT2D eigenvalue weighted by Crippen LogP contribution is 2.42. The van der Waals surface area contributed by atoms with Crippen LogP contribution in [-0.4, -0.2) is 345 Å². The number of aliphatic hydroxyl groups excluding tert-OH is 20. The van der Waals surface area contributed by atoms with Gasteiger partial charge in [-0.2, -0.15) is 0 Å². The van der Waals surface area contributed by atoms with Crippen molar-refractivity contribution in [3.05, 3.63) is 0 Å². The third-order valence-corrected chi connectivity index (χ3v) is 16.6. The van der Waals surface area contributed by atoms with E-state index in [1.807, 2.05) is 0 Å². The van der Waals surface area contributed by atoms with Crippen LogP contribution in [0.15, 0.2) is 0 Å². The minimum absolute atomic E-state index is 0.163. The minimum Gasteiger partial charge on any atom is -0.396 e. The second-order valence-electron chi connectivity index (χ2n) is 21.3. The number of carbonyl (C=O) groups is 1. The molecular weight excluding hydrogens is 1060 g/mol. The Morgan fingerprint density at radius 3 is 0.782 bits per heavy atom. The Kier molecular flexibility index (Phi) is 21.3. The van der Waals surface area contributed by atoms with Crippen molar-refractivity contribution >= 4 is 6.29 Å². The van der Waals surface area contributed by atoms with Gasteiger partial charge in [0.2, 0.25) is 0 Å². The summed E-state index contributed by atoms with van der Waals surface area (Å²) in [6.45, 7) is -6.30. The van der Waals surface area contributed by atoms with Crippen molar-refractivity contribution in [3.8, 4) is 0 Å². The van der Waals surface area contributed by atoms with Crippen LogP contribution < -0.4 is 0 Å². The lowest BCUT2D eigenvalue weighted by molar-refractivity contribution is -0.366. The number of rotatable bonds is 8. The SMILES string of the molecule is O=C[C@H]1C2OC3[C@@H](CO)CC(O[C@H]4[C@H](O)[C@@H](O)C(OC5[C@@H](CO)CC(O[C@H]6[C@H](O)[C@@H](O)C(OC7[C@@H](CO)CC(O[C@H]8[C@H](O)[C@@H](O)C(O[C@@H]([C@@H]1O)[C@@H](CO)O2)O[C@@H]8CO)[C@H](O)[C@H]7O)O[C@@H]6CO)[C@H](O)[C@H]5O)O[C@@H]4CO)[C@H](O)[C@H]3O. The maximum Gasteiger partial charge on any atom is 0.187 e. The van der Waals surface area contributed by atoms with E-state index in [4.69, 9.17) is 52.1 Å². The molecule has 0 aromatic carbocycles. The molecule has 12 saturated heterocycles. The van der Waals surface area contributed by atoms with E-state index in [1.165, 1.54) is 0 Å². The van der Waals surface area contributed by atoms with Crippen LogP contribution in [0, 0.1) is 23.7 Å². The van der Waals surface area contributed by atoms with E-state index in [-0.39, 0.29) is 6.29 Å². The largest absolute Gasteiger partial charge is 0.396 e. The maximum absolute atomic E-state index is 12.7. The number of fused-ring (bicyclic) bond motifs is 7. The van der Waals surface area contributed by atoms with E-state index in [2.05, 4.69) is 0 Å². The Morgan fingerprint density at radius 1 is 0.269 bits per heavy atom. The second kappa shape index (κ2) is 26.6. The molecule has 12 aliphatic heterocycles. The van der Waals surface area contributed by atoms with E-state index in [0.717, 1.165) is 0 Å². The van der Waals surface area contributed by atoms with Gasteiger partial charge in [0.25, 0.3) is 0 Å². The molecule has 0 amide bonds. The minimum atomic E-state index is -2.13. The van der Waals surface area contributed by atoms with Crippen LogP contribution >= 0.6 is 0 Å². The zero-order chi connectivity index (χ0) is 56.8. The summed E-state index contributed by atoms with van der Waals surface area (Å²) in [6.07, 6.45) is -58.1. The predicted molar refractivity (Wildman–Crippen MR) is 242 cm³/mol. The number of hydrogen-bond acceptors (Lipinski definition) is 32. The lowest BCUT2D eigenvalue weighted by Crippen LogP contribution is -2.66. The van der Waals surface area contributed by atoms with E-state index in [0.29, 0.717) is 0 Å². The van der Waals surface area contributed by atoms with Crippen molar-refractivity contribution in [3.63, 3.8) is 0 Å². The van der Waals surface area contributed by atoms with Gasteiger partial charge < -0.3 is 159 Å². The molecule has 35 atom stereocenters. The summed E-state index contributed by atoms with van der Waals surface area (Å²) in [7, 11) is 0. The fraction of sp³-hybridized carbons (Fsp3) is 0.978. The van der Waals surface area contributed by atoms with Crippen LogP contribution in [0.2, 0.25) is 0 Å². The van der Waals surface area contributed by atoms with Crippen molar-refractivity contribution in [2.45, 2.75) is 209 Å². The Hall–Kier alpha value is -1.57. The molecule has 10 unspecified atom stereocenters. The standard InChI is InChI=1S/C46H76O32/c47-4-12-1-16-24(56)27(59)36(12)75-43-15(7-50)23(55)39(19(8-51)71-43)78-46-35(67)32(64)42(22(11-54)74-46)70-18-3-14(6-49)38(29(61)26(18)58)77-45-34(66)31(63)41(21(10-53)73-45)69-17-2-13(5-48)37(28(60)25(17)57)76-44-33(65)30(62)40(68-16)20(9-52)72-44/h7,12-49,51-67H,1-6,8-11H2/t12-,13-,14-,15-,16?,17?,18?,19-,20-,21-,22-,23-,24+,25+,26+,27-,28-,29-,30-,31-,32-,33-,34-,35-,36?,37?,38?,39-,40-,41-,42-,43?,44?,45?,46?/m1/s1. The van der Waals surface area contributed by atoms with E-state index >= 15 is 0 Å². The molecular formula is C46H76O32. The van der Waals surface area contributed by atoms with Crippen LogP contribution in [-0.2, 0) is 56.9 Å². The number of hydrogen-bond donors (Lipinski definition) is 20. The summed E-state index contributed by atoms with van der Waals surface area (Å²) < 4.78 is 64.6. The van der Waals surface area contributed by atoms with E-state index in [9.17, 15) is 107 Å². The third kappa shape index (κ3) is 12.1. The first-order chi connectivity index (χ1) is 37.2. The summed E-state index contributed by atoms with van der Waals surface area (Å²) in [5, 5.41) is 222. The van der Waals surface area contributed by atoms with Crippen LogP contribution in [0.3, 0.4) is 0 Å². The van der Waals surface area contributed by atoms with Gasteiger partial charge in [-0.3, -0.25) is 0 Å². The Morgan fingerprint density at radius 2 is 0.513 bits per heavy atom. The normalized spacial score (nSPS) is 54.7. The Bertz CT molecular complexity index is 1870. The third-order valence-electron chi connectivity index (χ3n) is 16.6. The highest BCUT2D eigenvalue weighted by atomic mass is 16.8. The topological polar surface area (TPSA) is 523 Å². The molecule has 0 aromatic heterocycles. The number of aliphatic hydroxyl groups is 20. The fourth-order valence-electron chi connectivity index (χ4n) is 12.1. The van der Waals surface area contributed by atoms with E-state index in [1.54, 1.807) is 0 Å². The first-order valence-corrected chi connectivity index (χ1v) is 26.0. The predicted octanol–water partition coefficient (Wildman–Crippen LogP) is -12.8. The molecule has 12 heterocycles. The molecule has 14 bridgehead atoms. The van der Waals surface area contributed by atoms with Crippen LogP contribution in [0.5, 0.6) is 0 Å². The molecule has 20 N–H and O–H groups in total. The van der Waals surface area contributed by atoms with Crippen molar-refractivity contribution in [1.82, 2.24) is 0 Å². The molecule has 0 radical (unpaired) electrons. The fourth-order valence-corrected chi connectivity index (χ4v) is 12.1. The van der Waals surface area contributed by atoms with Gasteiger partial charge in [-0.1, -0.05) is 0 Å². The van der Waals surface area contributed by atoms with Crippen molar-refractivity contribution in [1.29, 1.82) is 0 Å². The van der Waals surface area contributed by atoms with Crippen LogP contribution in [0.4, 0.5) is 0 Å². The van der Waals surface area contributed by atoms with Crippen molar-refractivity contribution < 1.29 is 159 Å². The summed E-state index contributed by atoms with van der Waals surface area (Å²) in [6, 6.07) is 0. The molecule has 32 nitrogen and oxygen atoms in total. The van der Waals surface area contributed by atoms with Gasteiger partial charge in [0.1, 0.15) is 128 Å². The molecule has 15 rings (SSSR count). The van der Waals surface area contributed by atoms with Gasteiger partial charge in [0.05, 0.1) is 75.1 Å². The van der Waals surface area contributed by atoms with Crippen molar-refractivity contribution in [2.24, 2.45) is 23.7 Å². The number of aldehydes is 1. The Balaban J connectivity index is 1.09. The first kappa shape index (κ1) is 62.5. The quantitative estimate of drug-likeness (QED) is 0.100. The van der Waals surface area contributed by atoms with Gasteiger partial charge in [-0.05, 0) is 19.3 Å². The van der Waals surface area contributed by atoms with Gasteiger partial charge in [-0.25, -0.2) is 0 Å². The van der Waals surface area contributed by atoms with Crippen LogP contribution in [0.1, 0.15) is 19.3 Å². The van der Waals surface area contributed by atoms with Gasteiger partial charge in [-0.15, -0.1) is 0 Å². The van der Waals surface area contributed by atoms with Crippen molar-refractivity contribution in [2.75, 3.05) is 46.2 Å². The average Bonchev–Trinajstić information content (AvgIpc) is 3.47. The molecule has 32 heteroatoms. The second-order valence-corrected chi connectivity index (χ2v) is 21.3. The van der Waals surface area contributed by atoms with Crippen LogP contribution in [0.25, 0.3) is 0 Å². The summed E-state index contributed by atoms with van der Waals surface area (Å²) in [5.41, 5.74) is 0. The number of carbonyl (C=O) groups excluding carboxylic acids is 1. The first-order valence-electron chi connectivity index (χ1n) is 26.0. The summed E-state index contributed by atoms with van der Waals surface area (Å²) in [4.78, 5) is 12.7. The van der Waals surface area contributed by atoms with Gasteiger partial charge in [0.15, 0.2) is 25.2 Å². The number of ether oxygens (including phenoxy) is 11. The zero-order valence-corrected chi connectivity index (χ0v) is 41.7. The molecule has 15 fully saturated rings. The molecule has 0 aromatic rings. The van der Waals surface area contributed by atoms with E-state index < -0.39 is 279 Å². The molecule has 3 saturated carbocycles. The smallest absolute Gasteiger partial charge is 0.187 e. The summed E-state index contributed by atoms with van der Waals surface area (Å²) >= 11 is 0. The molecule has 3 aliphatic carbocycles. The molecule has 15 aliphatic rings. The highest BCUT2D eigenvalue weighted by molar-refractivity contribution is 5.55. The molecule has 452 valence electrons. The van der Waals surface area contributed by atoms with Gasteiger partial charge in [0, 0.05) is 37.6 Å².